The molecule has 0 atom stereocenters. The molecular formula is C28H22N2OS. The average Bonchev–Trinajstić information content (AvgIpc) is 3.43. The maximum absolute atomic E-state index is 5.59. The van der Waals surface area contributed by atoms with Crippen molar-refractivity contribution in [3.8, 4) is 21.8 Å². The summed E-state index contributed by atoms with van der Waals surface area (Å²) in [7, 11) is 0. The monoisotopic (exact) mass is 434 g/mol. The first-order valence-electron chi connectivity index (χ1n) is 10.7. The van der Waals surface area contributed by atoms with E-state index < -0.39 is 0 Å². The Bertz CT molecular complexity index is 1620. The van der Waals surface area contributed by atoms with Crippen LogP contribution in [0.5, 0.6) is 0 Å². The van der Waals surface area contributed by atoms with Crippen LogP contribution in [0.2, 0.25) is 0 Å². The lowest BCUT2D eigenvalue weighted by molar-refractivity contribution is 0.596. The van der Waals surface area contributed by atoms with Crippen molar-refractivity contribution < 1.29 is 4.42 Å². The van der Waals surface area contributed by atoms with Crippen molar-refractivity contribution in [2.45, 2.75) is 26.2 Å². The predicted molar refractivity (Wildman–Crippen MR) is 134 cm³/mol. The second kappa shape index (κ2) is 7.01. The third-order valence-corrected chi connectivity index (χ3v) is 7.10. The zero-order chi connectivity index (χ0) is 21.9. The lowest BCUT2D eigenvalue weighted by Crippen LogP contribution is -2.12. The van der Waals surface area contributed by atoms with Crippen LogP contribution in [0.4, 0.5) is 0 Å². The fourth-order valence-corrected chi connectivity index (χ4v) is 5.40. The highest BCUT2D eigenvalue weighted by molar-refractivity contribution is 7.22. The van der Waals surface area contributed by atoms with E-state index in [1.807, 2.05) is 24.5 Å². The highest BCUT2D eigenvalue weighted by Gasteiger charge is 2.20. The number of thiophene rings is 1. The number of nitrogens with zero attached hydrogens (tertiary/aromatic N) is 2. The third kappa shape index (κ3) is 3.10. The van der Waals surface area contributed by atoms with Gasteiger partial charge in [-0.25, -0.2) is 0 Å². The van der Waals surface area contributed by atoms with E-state index in [9.17, 15) is 0 Å². The van der Waals surface area contributed by atoms with Crippen LogP contribution in [0, 0.1) is 0 Å². The molecule has 0 radical (unpaired) electrons. The molecule has 0 saturated heterocycles. The van der Waals surface area contributed by atoms with Crippen LogP contribution in [0.15, 0.2) is 83.7 Å². The minimum atomic E-state index is 0.0334. The summed E-state index contributed by atoms with van der Waals surface area (Å²) in [6.07, 6.45) is 5.49. The van der Waals surface area contributed by atoms with Gasteiger partial charge in [0.2, 0.25) is 0 Å². The zero-order valence-electron chi connectivity index (χ0n) is 18.2. The Kier molecular flexibility index (Phi) is 4.21. The predicted octanol–water partition coefficient (Wildman–Crippen LogP) is 8.22. The zero-order valence-corrected chi connectivity index (χ0v) is 19.0. The number of hydrogen-bond acceptors (Lipinski definition) is 4. The fraction of sp³-hybridized carbons (Fsp3) is 0.143. The minimum absolute atomic E-state index is 0.0334. The summed E-state index contributed by atoms with van der Waals surface area (Å²) in [5.74, 6) is 0. The molecule has 6 rings (SSSR count). The van der Waals surface area contributed by atoms with E-state index in [0.717, 1.165) is 38.2 Å². The van der Waals surface area contributed by atoms with Gasteiger partial charge < -0.3 is 4.42 Å². The molecule has 0 N–H and O–H groups in total. The molecule has 0 amide bonds. The Hall–Kier alpha value is -3.50. The van der Waals surface area contributed by atoms with Crippen molar-refractivity contribution in [1.82, 2.24) is 9.97 Å². The molecule has 4 heteroatoms. The van der Waals surface area contributed by atoms with E-state index in [1.165, 1.54) is 21.0 Å². The van der Waals surface area contributed by atoms with Gasteiger partial charge in [-0.2, -0.15) is 0 Å². The largest absolute Gasteiger partial charge is 0.464 e. The van der Waals surface area contributed by atoms with Gasteiger partial charge in [0.25, 0.3) is 0 Å². The first kappa shape index (κ1) is 19.2. The molecule has 0 bridgehead atoms. The molecule has 0 unspecified atom stereocenters. The molecule has 156 valence electrons. The van der Waals surface area contributed by atoms with Crippen molar-refractivity contribution in [2.75, 3.05) is 0 Å². The highest BCUT2D eigenvalue weighted by Crippen LogP contribution is 2.40. The smallest absolute Gasteiger partial charge is 0.137 e. The topological polar surface area (TPSA) is 38.9 Å². The van der Waals surface area contributed by atoms with Crippen molar-refractivity contribution in [3.05, 3.63) is 84.9 Å². The first-order chi connectivity index (χ1) is 15.5. The number of rotatable bonds is 2. The average molecular weight is 435 g/mol. The minimum Gasteiger partial charge on any atom is -0.464 e. The lowest BCUT2D eigenvalue weighted by atomic mass is 9.82. The third-order valence-electron chi connectivity index (χ3n) is 5.98. The summed E-state index contributed by atoms with van der Waals surface area (Å²) in [5, 5.41) is 4.72. The molecule has 4 aromatic heterocycles. The SMILES string of the molecule is CC(C)(C)c1cc(-c2nccc3sc(-c4cc5occc5cn4)cc23)cc2ccccc12. The highest BCUT2D eigenvalue weighted by atomic mass is 32.1. The van der Waals surface area contributed by atoms with E-state index in [4.69, 9.17) is 9.40 Å². The quantitative estimate of drug-likeness (QED) is 0.275. The maximum Gasteiger partial charge on any atom is 0.137 e. The molecule has 0 aliphatic carbocycles. The van der Waals surface area contributed by atoms with Crippen LogP contribution in [0.1, 0.15) is 26.3 Å². The summed E-state index contributed by atoms with van der Waals surface area (Å²) in [5.41, 5.74) is 5.32. The van der Waals surface area contributed by atoms with E-state index >= 15 is 0 Å². The maximum atomic E-state index is 5.59. The van der Waals surface area contributed by atoms with Gasteiger partial charge in [0, 0.05) is 39.5 Å². The van der Waals surface area contributed by atoms with E-state index in [2.05, 4.69) is 74.3 Å². The molecule has 0 aliphatic heterocycles. The number of fused-ring (bicyclic) bond motifs is 3. The molecule has 6 aromatic rings. The molecule has 4 heterocycles. The number of furan rings is 1. The Morgan fingerprint density at radius 2 is 1.72 bits per heavy atom. The van der Waals surface area contributed by atoms with Crippen LogP contribution in [0.3, 0.4) is 0 Å². The fourth-order valence-electron chi connectivity index (χ4n) is 4.38. The Labute approximate surface area is 190 Å². The molecule has 2 aromatic carbocycles. The number of benzene rings is 2. The van der Waals surface area contributed by atoms with Gasteiger partial charge in [-0.3, -0.25) is 9.97 Å². The molecule has 0 spiro atoms. The second-order valence-corrected chi connectivity index (χ2v) is 10.3. The van der Waals surface area contributed by atoms with Crippen LogP contribution >= 0.6 is 11.3 Å². The molecule has 32 heavy (non-hydrogen) atoms. The first-order valence-corrected chi connectivity index (χ1v) is 11.5. The number of hydrogen-bond donors (Lipinski definition) is 0. The standard InChI is InChI=1S/C28H22N2OS/c1-28(2,3)22-13-19(12-17-6-4-5-7-20(17)22)27-21-14-26(32-25(21)8-10-29-27)23-15-24-18(16-30-23)9-11-31-24/h4-16H,1-3H3. The Balaban J connectivity index is 1.56. The van der Waals surface area contributed by atoms with Crippen molar-refractivity contribution in [1.29, 1.82) is 0 Å². The van der Waals surface area contributed by atoms with Crippen LogP contribution < -0.4 is 0 Å². The van der Waals surface area contributed by atoms with Crippen molar-refractivity contribution >= 4 is 43.2 Å². The van der Waals surface area contributed by atoms with Gasteiger partial charge in [-0.05, 0) is 52.1 Å². The summed E-state index contributed by atoms with van der Waals surface area (Å²) in [4.78, 5) is 10.6. The van der Waals surface area contributed by atoms with Crippen LogP contribution in [-0.4, -0.2) is 9.97 Å². The molecule has 3 nitrogen and oxygen atoms in total. The van der Waals surface area contributed by atoms with E-state index in [-0.39, 0.29) is 5.41 Å². The number of pyridine rings is 2. The Morgan fingerprint density at radius 3 is 2.59 bits per heavy atom. The van der Waals surface area contributed by atoms with Gasteiger partial charge in [-0.15, -0.1) is 11.3 Å². The lowest BCUT2D eigenvalue weighted by Gasteiger charge is -2.22. The van der Waals surface area contributed by atoms with Gasteiger partial charge in [-0.1, -0.05) is 45.0 Å². The van der Waals surface area contributed by atoms with E-state index in [0.29, 0.717) is 0 Å². The molecule has 0 fully saturated rings. The van der Waals surface area contributed by atoms with Gasteiger partial charge in [0.15, 0.2) is 0 Å². The number of aromatic nitrogens is 2. The summed E-state index contributed by atoms with van der Waals surface area (Å²) < 4.78 is 6.79. The second-order valence-electron chi connectivity index (χ2n) is 9.20. The van der Waals surface area contributed by atoms with Crippen molar-refractivity contribution in [3.63, 3.8) is 0 Å². The Morgan fingerprint density at radius 1 is 0.844 bits per heavy atom. The van der Waals surface area contributed by atoms with Gasteiger partial charge in [0.1, 0.15) is 5.58 Å². The van der Waals surface area contributed by atoms with Crippen LogP contribution in [-0.2, 0) is 5.41 Å². The molecular weight excluding hydrogens is 412 g/mol. The normalized spacial score (nSPS) is 12.2. The van der Waals surface area contributed by atoms with Gasteiger partial charge >= 0.3 is 0 Å². The summed E-state index contributed by atoms with van der Waals surface area (Å²) in [6.45, 7) is 6.81. The van der Waals surface area contributed by atoms with Gasteiger partial charge in [0.05, 0.1) is 22.5 Å². The summed E-state index contributed by atoms with van der Waals surface area (Å²) in [6, 6.07) is 21.5. The molecule has 0 aliphatic rings. The molecule has 0 saturated carbocycles. The van der Waals surface area contributed by atoms with Crippen molar-refractivity contribution in [2.24, 2.45) is 0 Å². The summed E-state index contributed by atoms with van der Waals surface area (Å²) >= 11 is 1.74. The van der Waals surface area contributed by atoms with E-state index in [1.54, 1.807) is 17.6 Å². The van der Waals surface area contributed by atoms with Crippen LogP contribution in [0.25, 0.3) is 53.7 Å².